The fourth-order valence-electron chi connectivity index (χ4n) is 2.96. The molecule has 1 rings (SSSR count). The summed E-state index contributed by atoms with van der Waals surface area (Å²) in [5, 5.41) is 0. The first kappa shape index (κ1) is 27.4. The molecule has 1 aliphatic heterocycles. The van der Waals surface area contributed by atoms with E-state index in [-0.39, 0.29) is 28.5 Å². The molecule has 0 bridgehead atoms. The van der Waals surface area contributed by atoms with Crippen LogP contribution in [-0.2, 0) is 22.4 Å². The molecule has 28 heavy (non-hydrogen) atoms. The Morgan fingerprint density at radius 1 is 0.607 bits per heavy atom. The quantitative estimate of drug-likeness (QED) is 0.201. The van der Waals surface area contributed by atoms with Gasteiger partial charge in [-0.15, -0.1) is 0 Å². The number of rotatable bonds is 9. The molecular formula is C18H43IO5Si4. The van der Waals surface area contributed by atoms with E-state index in [0.29, 0.717) is 6.61 Å². The van der Waals surface area contributed by atoms with Crippen molar-refractivity contribution >= 4 is 55.9 Å². The highest BCUT2D eigenvalue weighted by atomic mass is 127. The van der Waals surface area contributed by atoms with Crippen molar-refractivity contribution in [2.45, 2.75) is 107 Å². The van der Waals surface area contributed by atoms with E-state index >= 15 is 0 Å². The van der Waals surface area contributed by atoms with E-state index in [9.17, 15) is 0 Å². The minimum absolute atomic E-state index is 0.0811. The van der Waals surface area contributed by atoms with Gasteiger partial charge in [0.1, 0.15) is 28.5 Å². The van der Waals surface area contributed by atoms with Crippen molar-refractivity contribution in [3.63, 3.8) is 0 Å². The standard InChI is InChI=1S/C18H43IO5Si4/c1-25(2,3)20-13-14-15(22-26(4,5)6)16(23-27(7,8)9)17(18(19)21-14)24-28(10,11)12/h14-18H,13H2,1-12H3/t14-,15+,16+,17-,18?/m1/s1. The Balaban J connectivity index is 3.26. The molecule has 0 aliphatic carbocycles. The van der Waals surface area contributed by atoms with Crippen LogP contribution in [0, 0.1) is 0 Å². The van der Waals surface area contributed by atoms with E-state index in [1.165, 1.54) is 0 Å². The summed E-state index contributed by atoms with van der Waals surface area (Å²) in [6.07, 6.45) is -0.551. The Labute approximate surface area is 191 Å². The van der Waals surface area contributed by atoms with Crippen molar-refractivity contribution in [2.75, 3.05) is 6.61 Å². The Morgan fingerprint density at radius 3 is 1.39 bits per heavy atom. The first-order valence-corrected chi connectivity index (χ1v) is 25.1. The lowest BCUT2D eigenvalue weighted by Gasteiger charge is -2.50. The average Bonchev–Trinajstić information content (AvgIpc) is 2.39. The second-order valence-electron chi connectivity index (χ2n) is 11.5. The third kappa shape index (κ3) is 10.6. The van der Waals surface area contributed by atoms with Crippen molar-refractivity contribution in [3.05, 3.63) is 0 Å². The van der Waals surface area contributed by atoms with Crippen molar-refractivity contribution in [1.82, 2.24) is 0 Å². The lowest BCUT2D eigenvalue weighted by molar-refractivity contribution is -0.184. The van der Waals surface area contributed by atoms with Crippen molar-refractivity contribution in [2.24, 2.45) is 0 Å². The molecule has 0 aromatic carbocycles. The zero-order valence-electron chi connectivity index (χ0n) is 20.0. The van der Waals surface area contributed by atoms with Crippen LogP contribution < -0.4 is 0 Å². The number of hydrogen-bond acceptors (Lipinski definition) is 5. The predicted octanol–water partition coefficient (Wildman–Crippen LogP) is 5.66. The molecule has 1 saturated heterocycles. The molecule has 0 aromatic rings. The van der Waals surface area contributed by atoms with Crippen LogP contribution in [0.4, 0.5) is 0 Å². The minimum Gasteiger partial charge on any atom is -0.415 e. The highest BCUT2D eigenvalue weighted by molar-refractivity contribution is 14.1. The molecule has 0 N–H and O–H groups in total. The van der Waals surface area contributed by atoms with Crippen LogP contribution in [0.3, 0.4) is 0 Å². The highest BCUT2D eigenvalue weighted by Crippen LogP contribution is 2.36. The monoisotopic (exact) mass is 578 g/mol. The molecular weight excluding hydrogens is 535 g/mol. The van der Waals surface area contributed by atoms with Gasteiger partial charge >= 0.3 is 0 Å². The molecule has 0 amide bonds. The van der Waals surface area contributed by atoms with E-state index in [0.717, 1.165) is 0 Å². The number of halogens is 1. The molecule has 1 aliphatic rings. The number of hydrogen-bond donors (Lipinski definition) is 0. The highest BCUT2D eigenvalue weighted by Gasteiger charge is 2.50. The first-order valence-electron chi connectivity index (χ1n) is 10.2. The molecule has 0 radical (unpaired) electrons. The summed E-state index contributed by atoms with van der Waals surface area (Å²) < 4.78 is 32.6. The SMILES string of the molecule is C[Si](C)(C)OC[C@H]1OC(I)[C@H](O[Si](C)(C)C)[C@@H](O[Si](C)(C)C)[C@H]1O[Si](C)(C)C. The summed E-state index contributed by atoms with van der Waals surface area (Å²) in [6, 6.07) is 0. The Hall–Kier alpha value is 1.40. The molecule has 1 fully saturated rings. The largest absolute Gasteiger partial charge is 0.415 e. The molecule has 5 nitrogen and oxygen atoms in total. The first-order chi connectivity index (χ1) is 12.3. The molecule has 0 spiro atoms. The third-order valence-corrected chi connectivity index (χ3v) is 8.70. The molecule has 0 saturated carbocycles. The second kappa shape index (κ2) is 9.90. The summed E-state index contributed by atoms with van der Waals surface area (Å²) in [5.41, 5.74) is 0. The summed E-state index contributed by atoms with van der Waals surface area (Å²) in [5.74, 6) is 0. The third-order valence-electron chi connectivity index (χ3n) is 3.73. The normalized spacial score (nSPS) is 30.5. The molecule has 1 unspecified atom stereocenters. The second-order valence-corrected chi connectivity index (χ2v) is 30.7. The van der Waals surface area contributed by atoms with E-state index in [2.05, 4.69) is 101 Å². The number of ether oxygens (including phenoxy) is 1. The summed E-state index contributed by atoms with van der Waals surface area (Å²) >= 11 is 2.37. The fourth-order valence-corrected chi connectivity index (χ4v) is 8.09. The van der Waals surface area contributed by atoms with E-state index < -0.39 is 33.3 Å². The van der Waals surface area contributed by atoms with Crippen LogP contribution in [0.25, 0.3) is 0 Å². The minimum atomic E-state index is -1.82. The van der Waals surface area contributed by atoms with Gasteiger partial charge in [0.05, 0.1) is 6.61 Å². The fraction of sp³-hybridized carbons (Fsp3) is 1.00. The molecule has 5 atom stereocenters. The van der Waals surface area contributed by atoms with E-state index in [1.54, 1.807) is 0 Å². The van der Waals surface area contributed by atoms with Gasteiger partial charge in [-0.05, 0) is 101 Å². The maximum Gasteiger partial charge on any atom is 0.184 e. The van der Waals surface area contributed by atoms with Crippen LogP contribution in [0.1, 0.15) is 0 Å². The van der Waals surface area contributed by atoms with Crippen LogP contribution in [0.2, 0.25) is 78.6 Å². The maximum absolute atomic E-state index is 6.73. The van der Waals surface area contributed by atoms with Crippen LogP contribution in [-0.4, -0.2) is 68.4 Å². The molecule has 168 valence electrons. The molecule has 10 heteroatoms. The van der Waals surface area contributed by atoms with E-state index in [4.69, 9.17) is 22.4 Å². The molecule has 0 aromatic heterocycles. The van der Waals surface area contributed by atoms with Gasteiger partial charge in [-0.25, -0.2) is 0 Å². The van der Waals surface area contributed by atoms with Gasteiger partial charge in [0.15, 0.2) is 33.3 Å². The summed E-state index contributed by atoms with van der Waals surface area (Å²) in [6.45, 7) is 27.2. The van der Waals surface area contributed by atoms with Gasteiger partial charge in [-0.2, -0.15) is 0 Å². The van der Waals surface area contributed by atoms with Crippen LogP contribution in [0.15, 0.2) is 0 Å². The number of alkyl halides is 1. The zero-order chi connectivity index (χ0) is 22.1. The van der Waals surface area contributed by atoms with Gasteiger partial charge in [-0.3, -0.25) is 0 Å². The van der Waals surface area contributed by atoms with Crippen LogP contribution in [0.5, 0.6) is 0 Å². The smallest absolute Gasteiger partial charge is 0.184 e. The van der Waals surface area contributed by atoms with Crippen molar-refractivity contribution < 1.29 is 22.4 Å². The molecule has 1 heterocycles. The topological polar surface area (TPSA) is 46.2 Å². The maximum atomic E-state index is 6.73. The van der Waals surface area contributed by atoms with Crippen molar-refractivity contribution in [1.29, 1.82) is 0 Å². The van der Waals surface area contributed by atoms with Crippen LogP contribution >= 0.6 is 22.6 Å². The van der Waals surface area contributed by atoms with E-state index in [1.807, 2.05) is 0 Å². The van der Waals surface area contributed by atoms with Gasteiger partial charge in [0, 0.05) is 0 Å². The van der Waals surface area contributed by atoms with Gasteiger partial charge in [0.25, 0.3) is 0 Å². The Bertz CT molecular complexity index is 496. The predicted molar refractivity (Wildman–Crippen MR) is 137 cm³/mol. The average molecular weight is 579 g/mol. The van der Waals surface area contributed by atoms with Gasteiger partial charge < -0.3 is 22.4 Å². The lowest BCUT2D eigenvalue weighted by atomic mass is 10.0. The summed E-state index contributed by atoms with van der Waals surface area (Å²) in [7, 11) is -7.08. The zero-order valence-corrected chi connectivity index (χ0v) is 26.2. The van der Waals surface area contributed by atoms with Gasteiger partial charge in [-0.1, -0.05) is 0 Å². The van der Waals surface area contributed by atoms with Gasteiger partial charge in [0.2, 0.25) is 0 Å². The Morgan fingerprint density at radius 2 is 1.00 bits per heavy atom. The lowest BCUT2D eigenvalue weighted by Crippen LogP contribution is -2.64. The van der Waals surface area contributed by atoms with Crippen molar-refractivity contribution in [3.8, 4) is 0 Å². The summed E-state index contributed by atoms with van der Waals surface area (Å²) in [4.78, 5) is 0. The Kier molecular flexibility index (Phi) is 9.70.